The van der Waals surface area contributed by atoms with E-state index in [-0.39, 0.29) is 0 Å². The highest BCUT2D eigenvalue weighted by molar-refractivity contribution is 6.11. The molecular weight excluding hydrogens is 705 g/mol. The third-order valence-corrected chi connectivity index (χ3v) is 11.0. The van der Waals surface area contributed by atoms with Gasteiger partial charge in [-0.05, 0) is 128 Å². The Hall–Kier alpha value is -7.62. The number of para-hydroxylation sites is 1. The second-order valence-corrected chi connectivity index (χ2v) is 14.7. The van der Waals surface area contributed by atoms with Crippen molar-refractivity contribution in [3.63, 3.8) is 0 Å². The van der Waals surface area contributed by atoms with Gasteiger partial charge in [-0.1, -0.05) is 146 Å². The van der Waals surface area contributed by atoms with Gasteiger partial charge in [-0.15, -0.1) is 0 Å². The monoisotopic (exact) mass is 742 g/mol. The highest BCUT2D eigenvalue weighted by atomic mass is 16.5. The van der Waals surface area contributed by atoms with Crippen molar-refractivity contribution in [3.8, 4) is 56.1 Å². The Morgan fingerprint density at radius 2 is 1.14 bits per heavy atom. The van der Waals surface area contributed by atoms with Gasteiger partial charge in [0.2, 0.25) is 0 Å². The minimum atomic E-state index is 0.761. The van der Waals surface area contributed by atoms with Crippen molar-refractivity contribution in [3.05, 3.63) is 223 Å². The molecular formula is C55H38N2O. The lowest BCUT2D eigenvalue weighted by Gasteiger charge is -2.14. The Morgan fingerprint density at radius 3 is 1.90 bits per heavy atom. The number of aliphatic imine (C=N–C) groups is 1. The van der Waals surface area contributed by atoms with Crippen LogP contribution in [-0.2, 0) is 0 Å². The van der Waals surface area contributed by atoms with Gasteiger partial charge in [0.25, 0.3) is 0 Å². The van der Waals surface area contributed by atoms with E-state index in [0.717, 1.165) is 72.9 Å². The molecule has 0 fully saturated rings. The van der Waals surface area contributed by atoms with Crippen molar-refractivity contribution < 1.29 is 4.74 Å². The molecule has 1 aliphatic rings. The third kappa shape index (κ3) is 6.59. The molecule has 274 valence electrons. The largest absolute Gasteiger partial charge is 0.457 e. The van der Waals surface area contributed by atoms with Crippen LogP contribution in [0.2, 0.25) is 0 Å². The van der Waals surface area contributed by atoms with Crippen LogP contribution in [0.3, 0.4) is 0 Å². The molecule has 1 aromatic heterocycles. The Bertz CT molecular complexity index is 3070. The first-order valence-corrected chi connectivity index (χ1v) is 19.6. The van der Waals surface area contributed by atoms with Crippen molar-refractivity contribution in [2.45, 2.75) is 6.92 Å². The summed E-state index contributed by atoms with van der Waals surface area (Å²) in [5.41, 5.74) is 16.1. The lowest BCUT2D eigenvalue weighted by Crippen LogP contribution is -1.96. The molecule has 8 aromatic carbocycles. The molecule has 0 amide bonds. The highest BCUT2D eigenvalue weighted by Gasteiger charge is 2.23. The second-order valence-electron chi connectivity index (χ2n) is 14.7. The first-order valence-electron chi connectivity index (χ1n) is 19.6. The van der Waals surface area contributed by atoms with E-state index in [0.29, 0.717) is 0 Å². The van der Waals surface area contributed by atoms with Crippen molar-refractivity contribution in [1.29, 1.82) is 0 Å². The van der Waals surface area contributed by atoms with Crippen LogP contribution in [0, 0.1) is 0 Å². The Morgan fingerprint density at radius 1 is 0.517 bits per heavy atom. The molecule has 0 saturated carbocycles. The van der Waals surface area contributed by atoms with E-state index in [2.05, 4.69) is 146 Å². The van der Waals surface area contributed by atoms with Crippen LogP contribution in [-0.4, -0.2) is 10.7 Å². The molecule has 2 bridgehead atoms. The molecule has 0 N–H and O–H groups in total. The lowest BCUT2D eigenvalue weighted by atomic mass is 9.89. The van der Waals surface area contributed by atoms with Gasteiger partial charge in [0, 0.05) is 22.2 Å². The molecule has 0 radical (unpaired) electrons. The number of rotatable bonds is 8. The van der Waals surface area contributed by atoms with E-state index in [1.54, 1.807) is 0 Å². The minimum absolute atomic E-state index is 0.761. The zero-order valence-electron chi connectivity index (χ0n) is 32.1. The van der Waals surface area contributed by atoms with Crippen molar-refractivity contribution >= 4 is 38.7 Å². The van der Waals surface area contributed by atoms with Gasteiger partial charge in [0.05, 0.1) is 16.9 Å². The van der Waals surface area contributed by atoms with Crippen LogP contribution in [0.4, 0.5) is 0 Å². The maximum Gasteiger partial charge on any atom is 0.127 e. The second kappa shape index (κ2) is 14.8. The van der Waals surface area contributed by atoms with Gasteiger partial charge >= 0.3 is 0 Å². The quantitative estimate of drug-likeness (QED) is 0.115. The third-order valence-electron chi connectivity index (χ3n) is 11.0. The lowest BCUT2D eigenvalue weighted by molar-refractivity contribution is 0.483. The van der Waals surface area contributed by atoms with Crippen molar-refractivity contribution in [2.24, 2.45) is 4.99 Å². The normalized spacial score (nSPS) is 12.2. The predicted octanol–water partition coefficient (Wildman–Crippen LogP) is 14.7. The fraction of sp³-hybridized carbons (Fsp3) is 0.0182. The number of allylic oxidation sites excluding steroid dienone is 2. The number of fused-ring (bicyclic) bond motifs is 11. The molecule has 9 aromatic rings. The molecule has 0 saturated heterocycles. The van der Waals surface area contributed by atoms with Crippen LogP contribution in [0.1, 0.15) is 23.6 Å². The topological polar surface area (TPSA) is 34.5 Å². The fourth-order valence-electron chi connectivity index (χ4n) is 8.03. The molecule has 0 spiro atoms. The minimum Gasteiger partial charge on any atom is -0.457 e. The summed E-state index contributed by atoms with van der Waals surface area (Å²) in [5.74, 6) is 1.54. The number of hydrogen-bond acceptors (Lipinski definition) is 3. The summed E-state index contributed by atoms with van der Waals surface area (Å²) in [7, 11) is 0. The zero-order valence-corrected chi connectivity index (χ0v) is 32.1. The predicted molar refractivity (Wildman–Crippen MR) is 243 cm³/mol. The molecule has 10 rings (SSSR count). The molecule has 1 aliphatic carbocycles. The average molecular weight is 743 g/mol. The number of benzene rings is 8. The molecule has 0 unspecified atom stereocenters. The Kier molecular flexibility index (Phi) is 8.89. The van der Waals surface area contributed by atoms with Crippen molar-refractivity contribution in [2.75, 3.05) is 0 Å². The number of aromatic nitrogens is 1. The summed E-state index contributed by atoms with van der Waals surface area (Å²) in [5, 5.41) is 3.58. The van der Waals surface area contributed by atoms with Crippen LogP contribution >= 0.6 is 0 Å². The number of hydrogen-bond donors (Lipinski definition) is 0. The number of nitrogens with zero attached hydrogens (tertiary/aromatic N) is 2. The summed E-state index contributed by atoms with van der Waals surface area (Å²) < 4.78 is 6.35. The van der Waals surface area contributed by atoms with Gasteiger partial charge < -0.3 is 4.74 Å². The summed E-state index contributed by atoms with van der Waals surface area (Å²) in [6, 6.07) is 67.6. The van der Waals surface area contributed by atoms with Crippen LogP contribution in [0.5, 0.6) is 11.5 Å². The van der Waals surface area contributed by atoms with Gasteiger partial charge in [-0.25, -0.2) is 4.98 Å². The zero-order chi connectivity index (χ0) is 39.0. The molecule has 1 heterocycles. The van der Waals surface area contributed by atoms with E-state index >= 15 is 0 Å². The van der Waals surface area contributed by atoms with Gasteiger partial charge in [-0.3, -0.25) is 4.99 Å². The summed E-state index contributed by atoms with van der Waals surface area (Å²) >= 11 is 0. The molecule has 58 heavy (non-hydrogen) atoms. The van der Waals surface area contributed by atoms with Crippen LogP contribution < -0.4 is 4.74 Å². The van der Waals surface area contributed by atoms with E-state index in [4.69, 9.17) is 14.7 Å². The maximum absolute atomic E-state index is 6.35. The SMILES string of the molecule is C=C(/C=C(\N=C(C)c1ccc(Oc2ccc(-c3ccc4c(c3)-c3cc(nc5ccccc35)-c3c-4ccc4ccccc34)cc2)cc1)c1ccccc1)c1ccccc1. The fourth-order valence-corrected chi connectivity index (χ4v) is 8.03. The standard InChI is InChI=1S/C55H38N2O/c1-36(38-13-5-3-6-14-38)33-53(42-16-7-4-8-17-42)56-37(2)39-21-27-44(28-22-39)58-45-29-23-40(24-30-45)43-26-31-47-49-32-25-41-15-9-10-18-46(41)55(49)54-35-51(50(47)34-43)48-19-11-12-20-52(48)57-54/h3-35H,1H2,2H3/b53-33-,56-37?. The Labute approximate surface area is 338 Å². The Balaban J connectivity index is 0.924. The first kappa shape index (κ1) is 34.8. The average Bonchev–Trinajstić information content (AvgIpc) is 3.39. The summed E-state index contributed by atoms with van der Waals surface area (Å²) in [6.07, 6.45) is 2.05. The first-order chi connectivity index (χ1) is 28.6. The van der Waals surface area contributed by atoms with Gasteiger partial charge in [0.15, 0.2) is 0 Å². The smallest absolute Gasteiger partial charge is 0.127 e. The number of pyridine rings is 1. The van der Waals surface area contributed by atoms with Crippen LogP contribution in [0.25, 0.3) is 77.6 Å². The van der Waals surface area contributed by atoms with E-state index in [1.165, 1.54) is 38.6 Å². The molecule has 3 heteroatoms. The highest BCUT2D eigenvalue weighted by Crippen LogP contribution is 2.48. The molecule has 3 nitrogen and oxygen atoms in total. The molecule has 0 aliphatic heterocycles. The van der Waals surface area contributed by atoms with Gasteiger partial charge in [0.1, 0.15) is 11.5 Å². The summed E-state index contributed by atoms with van der Waals surface area (Å²) in [6.45, 7) is 6.37. The van der Waals surface area contributed by atoms with E-state index in [9.17, 15) is 0 Å². The number of ether oxygens (including phenoxy) is 1. The van der Waals surface area contributed by atoms with E-state index < -0.39 is 0 Å². The van der Waals surface area contributed by atoms with E-state index in [1.807, 2.05) is 67.6 Å². The van der Waals surface area contributed by atoms with Crippen LogP contribution in [0.15, 0.2) is 212 Å². The van der Waals surface area contributed by atoms with Gasteiger partial charge in [-0.2, -0.15) is 0 Å². The maximum atomic E-state index is 6.35. The molecule has 0 atom stereocenters. The van der Waals surface area contributed by atoms with Crippen molar-refractivity contribution in [1.82, 2.24) is 4.98 Å². The summed E-state index contributed by atoms with van der Waals surface area (Å²) in [4.78, 5) is 10.3.